The molecule has 1 amide bonds. The van der Waals surface area contributed by atoms with Crippen LogP contribution >= 0.6 is 11.8 Å². The molecule has 2 aromatic carbocycles. The Bertz CT molecular complexity index is 1010. The second-order valence-corrected chi connectivity index (χ2v) is 8.00. The molecule has 0 spiro atoms. The smallest absolute Gasteiger partial charge is 0.255 e. The van der Waals surface area contributed by atoms with Crippen LogP contribution in [0.1, 0.15) is 41.0 Å². The first-order valence-electron chi connectivity index (χ1n) is 9.64. The van der Waals surface area contributed by atoms with Gasteiger partial charge in [-0.15, -0.1) is 22.0 Å². The number of nitrogens with zero attached hydrogens (tertiary/aromatic N) is 3. The Balaban J connectivity index is 1.60. The lowest BCUT2D eigenvalue weighted by Gasteiger charge is -2.11. The number of carbonyl (C=O) groups is 1. The van der Waals surface area contributed by atoms with Gasteiger partial charge in [0.15, 0.2) is 5.82 Å². The largest absolute Gasteiger partial charge is 0.322 e. The van der Waals surface area contributed by atoms with Gasteiger partial charge in [-0.2, -0.15) is 0 Å². The summed E-state index contributed by atoms with van der Waals surface area (Å²) < 4.78 is 2.22. The monoisotopic (exact) mass is 392 g/mol. The third kappa shape index (κ3) is 3.83. The van der Waals surface area contributed by atoms with Gasteiger partial charge in [-0.1, -0.05) is 24.6 Å². The molecule has 3 aromatic rings. The molecule has 1 N–H and O–H groups in total. The molecule has 0 saturated heterocycles. The van der Waals surface area contributed by atoms with Crippen LogP contribution in [0.15, 0.2) is 47.4 Å². The molecule has 4 rings (SSSR count). The highest BCUT2D eigenvalue weighted by molar-refractivity contribution is 7.98. The predicted molar refractivity (Wildman–Crippen MR) is 114 cm³/mol. The van der Waals surface area contributed by atoms with Gasteiger partial charge in [0.25, 0.3) is 5.91 Å². The summed E-state index contributed by atoms with van der Waals surface area (Å²) >= 11 is 1.63. The topological polar surface area (TPSA) is 59.8 Å². The molecular weight excluding hydrogens is 368 g/mol. The molecule has 0 atom stereocenters. The Morgan fingerprint density at radius 2 is 2.00 bits per heavy atom. The zero-order valence-electron chi connectivity index (χ0n) is 16.2. The maximum Gasteiger partial charge on any atom is 0.255 e. The van der Waals surface area contributed by atoms with Crippen molar-refractivity contribution in [2.75, 3.05) is 11.6 Å². The van der Waals surface area contributed by atoms with Crippen LogP contribution < -0.4 is 5.32 Å². The number of amides is 1. The Morgan fingerprint density at radius 3 is 2.86 bits per heavy atom. The van der Waals surface area contributed by atoms with Gasteiger partial charge < -0.3 is 9.88 Å². The number of hydrogen-bond acceptors (Lipinski definition) is 4. The summed E-state index contributed by atoms with van der Waals surface area (Å²) in [4.78, 5) is 13.9. The highest BCUT2D eigenvalue weighted by atomic mass is 32.2. The number of hydrogen-bond donors (Lipinski definition) is 1. The molecule has 0 saturated carbocycles. The highest BCUT2D eigenvalue weighted by Gasteiger charge is 2.17. The van der Waals surface area contributed by atoms with Crippen LogP contribution in [0.4, 0.5) is 5.69 Å². The van der Waals surface area contributed by atoms with Crippen molar-refractivity contribution >= 4 is 23.4 Å². The second-order valence-electron chi connectivity index (χ2n) is 7.12. The fraction of sp³-hybridized carbons (Fsp3) is 0.318. The van der Waals surface area contributed by atoms with Gasteiger partial charge in [0, 0.05) is 34.7 Å². The molecule has 1 aliphatic heterocycles. The summed E-state index contributed by atoms with van der Waals surface area (Å²) in [5.41, 5.74) is 3.42. The second kappa shape index (κ2) is 8.19. The zero-order valence-corrected chi connectivity index (χ0v) is 17.1. The zero-order chi connectivity index (χ0) is 19.5. The van der Waals surface area contributed by atoms with E-state index >= 15 is 0 Å². The predicted octanol–water partition coefficient (Wildman–Crippen LogP) is 4.95. The number of aryl methyl sites for hydroxylation is 2. The number of benzene rings is 2. The molecule has 144 valence electrons. The SMILES string of the molecule is CSc1ccc(C)c(C(=O)Nc2cccc(-c3nnc4n3CCCCC4)c2)c1. The average molecular weight is 393 g/mol. The minimum absolute atomic E-state index is 0.0920. The molecular formula is C22H24N4OS. The molecule has 0 fully saturated rings. The molecule has 0 aliphatic carbocycles. The first-order chi connectivity index (χ1) is 13.7. The summed E-state index contributed by atoms with van der Waals surface area (Å²) in [6.45, 7) is 2.91. The van der Waals surface area contributed by atoms with E-state index in [9.17, 15) is 4.79 Å². The van der Waals surface area contributed by atoms with E-state index in [1.807, 2.05) is 55.6 Å². The van der Waals surface area contributed by atoms with Crippen molar-refractivity contribution in [3.63, 3.8) is 0 Å². The summed E-state index contributed by atoms with van der Waals surface area (Å²) in [6, 6.07) is 13.8. The van der Waals surface area contributed by atoms with Gasteiger partial charge in [-0.05, 0) is 55.9 Å². The van der Waals surface area contributed by atoms with Crippen molar-refractivity contribution in [1.82, 2.24) is 14.8 Å². The fourth-order valence-corrected chi connectivity index (χ4v) is 4.05. The number of nitrogens with one attached hydrogen (secondary N) is 1. The van der Waals surface area contributed by atoms with Crippen molar-refractivity contribution < 1.29 is 4.79 Å². The minimum atomic E-state index is -0.0920. The van der Waals surface area contributed by atoms with E-state index in [1.54, 1.807) is 11.8 Å². The van der Waals surface area contributed by atoms with E-state index in [2.05, 4.69) is 20.1 Å². The summed E-state index contributed by atoms with van der Waals surface area (Å²) in [7, 11) is 0. The van der Waals surface area contributed by atoms with Crippen molar-refractivity contribution in [3.05, 3.63) is 59.4 Å². The lowest BCUT2D eigenvalue weighted by atomic mass is 10.1. The van der Waals surface area contributed by atoms with E-state index in [-0.39, 0.29) is 5.91 Å². The van der Waals surface area contributed by atoms with Crippen molar-refractivity contribution in [2.24, 2.45) is 0 Å². The summed E-state index contributed by atoms with van der Waals surface area (Å²) in [5.74, 6) is 1.85. The van der Waals surface area contributed by atoms with Crippen LogP contribution in [0.5, 0.6) is 0 Å². The first kappa shape index (κ1) is 18.7. The van der Waals surface area contributed by atoms with E-state index in [0.29, 0.717) is 5.56 Å². The first-order valence-corrected chi connectivity index (χ1v) is 10.9. The Kier molecular flexibility index (Phi) is 5.48. The lowest BCUT2D eigenvalue weighted by Crippen LogP contribution is -2.13. The van der Waals surface area contributed by atoms with Crippen LogP contribution in [0.3, 0.4) is 0 Å². The number of anilines is 1. The fourth-order valence-electron chi connectivity index (χ4n) is 3.61. The van der Waals surface area contributed by atoms with Gasteiger partial charge in [0.05, 0.1) is 0 Å². The molecule has 0 radical (unpaired) electrons. The highest BCUT2D eigenvalue weighted by Crippen LogP contribution is 2.26. The van der Waals surface area contributed by atoms with E-state index in [0.717, 1.165) is 52.7 Å². The van der Waals surface area contributed by atoms with Crippen molar-refractivity contribution in [1.29, 1.82) is 0 Å². The lowest BCUT2D eigenvalue weighted by molar-refractivity contribution is 0.102. The van der Waals surface area contributed by atoms with Crippen LogP contribution in [-0.4, -0.2) is 26.9 Å². The molecule has 28 heavy (non-hydrogen) atoms. The number of thioether (sulfide) groups is 1. The Labute approximate surface area is 169 Å². The number of carbonyl (C=O) groups excluding carboxylic acids is 1. The van der Waals surface area contributed by atoms with E-state index in [1.165, 1.54) is 12.8 Å². The minimum Gasteiger partial charge on any atom is -0.322 e. The van der Waals surface area contributed by atoms with Crippen molar-refractivity contribution in [3.8, 4) is 11.4 Å². The van der Waals surface area contributed by atoms with Gasteiger partial charge in [-0.25, -0.2) is 0 Å². The van der Waals surface area contributed by atoms with E-state index < -0.39 is 0 Å². The Morgan fingerprint density at radius 1 is 1.11 bits per heavy atom. The number of rotatable bonds is 4. The third-order valence-electron chi connectivity index (χ3n) is 5.18. The third-order valence-corrected chi connectivity index (χ3v) is 5.90. The van der Waals surface area contributed by atoms with Gasteiger partial charge in [0.2, 0.25) is 0 Å². The quantitative estimate of drug-likeness (QED) is 0.638. The maximum absolute atomic E-state index is 12.8. The molecule has 0 bridgehead atoms. The molecule has 6 heteroatoms. The molecule has 0 unspecified atom stereocenters. The standard InChI is InChI=1S/C22H24N4OS/c1-15-10-11-18(28-2)14-19(15)22(27)23-17-8-6-7-16(13-17)21-25-24-20-9-4-3-5-12-26(20)21/h6-8,10-11,13-14H,3-5,9,12H2,1-2H3,(H,23,27). The van der Waals surface area contributed by atoms with Crippen LogP contribution in [-0.2, 0) is 13.0 Å². The maximum atomic E-state index is 12.8. The molecule has 5 nitrogen and oxygen atoms in total. The van der Waals surface area contributed by atoms with E-state index in [4.69, 9.17) is 0 Å². The van der Waals surface area contributed by atoms with Gasteiger partial charge in [0.1, 0.15) is 5.82 Å². The van der Waals surface area contributed by atoms with Crippen LogP contribution in [0, 0.1) is 6.92 Å². The molecule has 1 aliphatic rings. The number of fused-ring (bicyclic) bond motifs is 1. The normalized spacial score (nSPS) is 13.6. The van der Waals surface area contributed by atoms with Crippen LogP contribution in [0.25, 0.3) is 11.4 Å². The van der Waals surface area contributed by atoms with Gasteiger partial charge >= 0.3 is 0 Å². The summed E-state index contributed by atoms with van der Waals surface area (Å²) in [6.07, 6.45) is 6.54. The van der Waals surface area contributed by atoms with Crippen LogP contribution in [0.2, 0.25) is 0 Å². The molecule has 2 heterocycles. The Hall–Kier alpha value is -2.60. The van der Waals surface area contributed by atoms with Gasteiger partial charge in [-0.3, -0.25) is 4.79 Å². The molecule has 1 aromatic heterocycles. The summed E-state index contributed by atoms with van der Waals surface area (Å²) in [5, 5.41) is 11.8. The average Bonchev–Trinajstić information content (AvgIpc) is 2.97. The van der Waals surface area contributed by atoms with Crippen molar-refractivity contribution in [2.45, 2.75) is 44.0 Å². The number of aromatic nitrogens is 3.